The second kappa shape index (κ2) is 6.88. The Kier molecular flexibility index (Phi) is 4.42. The van der Waals surface area contributed by atoms with Gasteiger partial charge in [-0.1, -0.05) is 12.1 Å². The number of aromatic nitrogens is 1. The van der Waals surface area contributed by atoms with Crippen LogP contribution >= 0.6 is 0 Å². The maximum absolute atomic E-state index is 12.3. The van der Waals surface area contributed by atoms with Crippen molar-refractivity contribution in [2.75, 3.05) is 20.8 Å². The Morgan fingerprint density at radius 1 is 1.15 bits per heavy atom. The molecule has 1 aliphatic rings. The highest BCUT2D eigenvalue weighted by molar-refractivity contribution is 5.72. The summed E-state index contributed by atoms with van der Waals surface area (Å²) in [6.07, 6.45) is 2.07. The normalized spacial score (nSPS) is 17.7. The number of nitrogens with zero attached hydrogens (tertiary/aromatic N) is 2. The van der Waals surface area contributed by atoms with Crippen LogP contribution < -0.4 is 15.2 Å². The molecular formula is C20H22N2O4. The molecule has 0 spiro atoms. The highest BCUT2D eigenvalue weighted by Crippen LogP contribution is 2.39. The number of fused-ring (bicyclic) bond motifs is 1. The molecule has 3 aromatic rings. The second-order valence-electron chi connectivity index (χ2n) is 6.48. The van der Waals surface area contributed by atoms with Crippen LogP contribution in [-0.4, -0.2) is 30.2 Å². The van der Waals surface area contributed by atoms with Gasteiger partial charge in [0.05, 0.1) is 26.4 Å². The third kappa shape index (κ3) is 2.86. The molecule has 2 aromatic carbocycles. The van der Waals surface area contributed by atoms with E-state index in [0.717, 1.165) is 42.0 Å². The van der Waals surface area contributed by atoms with E-state index in [1.54, 1.807) is 18.8 Å². The Hall–Kier alpha value is -2.73. The van der Waals surface area contributed by atoms with E-state index in [2.05, 4.69) is 4.90 Å². The lowest BCUT2D eigenvalue weighted by molar-refractivity contribution is 0.194. The predicted octanol–water partition coefficient (Wildman–Crippen LogP) is 3.41. The lowest BCUT2D eigenvalue weighted by Crippen LogP contribution is -2.30. The number of hydrogen-bond acceptors (Lipinski definition) is 5. The monoisotopic (exact) mass is 354 g/mol. The fourth-order valence-corrected chi connectivity index (χ4v) is 3.78. The van der Waals surface area contributed by atoms with E-state index in [1.807, 2.05) is 42.5 Å². The Labute approximate surface area is 151 Å². The van der Waals surface area contributed by atoms with E-state index in [1.165, 1.54) is 0 Å². The average Bonchev–Trinajstić information content (AvgIpc) is 3.26. The molecule has 1 aromatic heterocycles. The third-order valence-electron chi connectivity index (χ3n) is 5.06. The molecule has 0 N–H and O–H groups in total. The maximum atomic E-state index is 12.3. The minimum atomic E-state index is -0.325. The molecule has 4 rings (SSSR count). The summed E-state index contributed by atoms with van der Waals surface area (Å²) in [5.74, 6) is 1.32. The molecule has 0 aliphatic carbocycles. The van der Waals surface area contributed by atoms with Gasteiger partial charge in [0.25, 0.3) is 0 Å². The molecule has 1 fully saturated rings. The van der Waals surface area contributed by atoms with Crippen LogP contribution in [0.25, 0.3) is 11.1 Å². The standard InChI is InChI=1S/C20H22N2O4/c1-24-14-9-10-18(25-2)15(12-14)16-7-5-11-21(16)13-22-17-6-3-4-8-19(17)26-20(22)23/h3-4,6,8-10,12,16H,5,7,11,13H2,1-2H3/t16-/m1/s1. The van der Waals surface area contributed by atoms with Gasteiger partial charge in [0.2, 0.25) is 0 Å². The van der Waals surface area contributed by atoms with Crippen LogP contribution in [0.5, 0.6) is 11.5 Å². The second-order valence-corrected chi connectivity index (χ2v) is 6.48. The van der Waals surface area contributed by atoms with Crippen LogP contribution in [0.1, 0.15) is 24.4 Å². The van der Waals surface area contributed by atoms with Crippen molar-refractivity contribution in [2.45, 2.75) is 25.6 Å². The molecule has 136 valence electrons. The van der Waals surface area contributed by atoms with Crippen LogP contribution in [0.2, 0.25) is 0 Å². The van der Waals surface area contributed by atoms with Gasteiger partial charge in [-0.3, -0.25) is 9.47 Å². The number of oxazole rings is 1. The van der Waals surface area contributed by atoms with Crippen molar-refractivity contribution in [1.82, 2.24) is 9.47 Å². The lowest BCUT2D eigenvalue weighted by atomic mass is 10.0. The molecule has 0 radical (unpaired) electrons. The highest BCUT2D eigenvalue weighted by atomic mass is 16.5. The van der Waals surface area contributed by atoms with Gasteiger partial charge in [0.15, 0.2) is 5.58 Å². The molecule has 0 bridgehead atoms. The summed E-state index contributed by atoms with van der Waals surface area (Å²) in [4.78, 5) is 14.6. The Balaban J connectivity index is 1.69. The summed E-state index contributed by atoms with van der Waals surface area (Å²) in [6.45, 7) is 1.40. The summed E-state index contributed by atoms with van der Waals surface area (Å²) in [5.41, 5.74) is 2.53. The molecule has 0 unspecified atom stereocenters. The molecule has 2 heterocycles. The zero-order valence-electron chi connectivity index (χ0n) is 15.0. The quantitative estimate of drug-likeness (QED) is 0.703. The topological polar surface area (TPSA) is 56.8 Å². The van der Waals surface area contributed by atoms with Gasteiger partial charge in [-0.05, 0) is 43.2 Å². The van der Waals surface area contributed by atoms with Gasteiger partial charge in [-0.25, -0.2) is 4.79 Å². The van der Waals surface area contributed by atoms with Gasteiger partial charge in [0.1, 0.15) is 11.5 Å². The van der Waals surface area contributed by atoms with Crippen LogP contribution in [0, 0.1) is 0 Å². The molecule has 6 nitrogen and oxygen atoms in total. The number of benzene rings is 2. The van der Waals surface area contributed by atoms with E-state index in [-0.39, 0.29) is 11.8 Å². The summed E-state index contributed by atoms with van der Waals surface area (Å²) in [5, 5.41) is 0. The summed E-state index contributed by atoms with van der Waals surface area (Å²) in [6, 6.07) is 13.5. The first-order chi connectivity index (χ1) is 12.7. The lowest BCUT2D eigenvalue weighted by Gasteiger charge is -2.26. The van der Waals surface area contributed by atoms with Crippen LogP contribution in [0.3, 0.4) is 0 Å². The molecule has 1 saturated heterocycles. The smallest absolute Gasteiger partial charge is 0.421 e. The molecule has 1 aliphatic heterocycles. The van der Waals surface area contributed by atoms with Crippen LogP contribution in [-0.2, 0) is 6.67 Å². The van der Waals surface area contributed by atoms with E-state index < -0.39 is 0 Å². The fraction of sp³-hybridized carbons (Fsp3) is 0.350. The van der Waals surface area contributed by atoms with Crippen molar-refractivity contribution in [3.8, 4) is 11.5 Å². The summed E-state index contributed by atoms with van der Waals surface area (Å²) >= 11 is 0. The van der Waals surface area contributed by atoms with Crippen molar-refractivity contribution in [2.24, 2.45) is 0 Å². The van der Waals surface area contributed by atoms with E-state index in [4.69, 9.17) is 13.9 Å². The minimum Gasteiger partial charge on any atom is -0.497 e. The Bertz CT molecular complexity index is 975. The molecular weight excluding hydrogens is 332 g/mol. The van der Waals surface area contributed by atoms with Crippen molar-refractivity contribution in [3.63, 3.8) is 0 Å². The fourth-order valence-electron chi connectivity index (χ4n) is 3.78. The molecule has 1 atom stereocenters. The number of likely N-dealkylation sites (tertiary alicyclic amines) is 1. The minimum absolute atomic E-state index is 0.167. The average molecular weight is 354 g/mol. The maximum Gasteiger partial charge on any atom is 0.421 e. The predicted molar refractivity (Wildman–Crippen MR) is 98.7 cm³/mol. The largest absolute Gasteiger partial charge is 0.497 e. The van der Waals surface area contributed by atoms with Gasteiger partial charge in [-0.2, -0.15) is 0 Å². The van der Waals surface area contributed by atoms with Crippen LogP contribution in [0.15, 0.2) is 51.7 Å². The molecule has 6 heteroatoms. The zero-order valence-corrected chi connectivity index (χ0v) is 15.0. The van der Waals surface area contributed by atoms with Gasteiger partial charge >= 0.3 is 5.76 Å². The Morgan fingerprint density at radius 2 is 2.00 bits per heavy atom. The number of ether oxygens (including phenoxy) is 2. The molecule has 26 heavy (non-hydrogen) atoms. The van der Waals surface area contributed by atoms with Crippen molar-refractivity contribution >= 4 is 11.1 Å². The van der Waals surface area contributed by atoms with Crippen molar-refractivity contribution < 1.29 is 13.9 Å². The number of para-hydroxylation sites is 2. The van der Waals surface area contributed by atoms with E-state index >= 15 is 0 Å². The van der Waals surface area contributed by atoms with Crippen LogP contribution in [0.4, 0.5) is 0 Å². The SMILES string of the molecule is COc1ccc(OC)c([C@H]2CCCN2Cn2c(=O)oc3ccccc32)c1. The zero-order chi connectivity index (χ0) is 18.1. The first-order valence-corrected chi connectivity index (χ1v) is 8.75. The van der Waals surface area contributed by atoms with E-state index in [0.29, 0.717) is 12.3 Å². The molecule has 0 amide bonds. The van der Waals surface area contributed by atoms with Gasteiger partial charge in [0, 0.05) is 18.2 Å². The summed E-state index contributed by atoms with van der Waals surface area (Å²) in [7, 11) is 3.34. The number of rotatable bonds is 5. The highest BCUT2D eigenvalue weighted by Gasteiger charge is 2.29. The van der Waals surface area contributed by atoms with E-state index in [9.17, 15) is 4.79 Å². The van der Waals surface area contributed by atoms with Crippen molar-refractivity contribution in [3.05, 3.63) is 58.6 Å². The summed E-state index contributed by atoms with van der Waals surface area (Å²) < 4.78 is 18.0. The van der Waals surface area contributed by atoms with Gasteiger partial charge in [-0.15, -0.1) is 0 Å². The first kappa shape index (κ1) is 16.7. The van der Waals surface area contributed by atoms with Crippen molar-refractivity contribution in [1.29, 1.82) is 0 Å². The van der Waals surface area contributed by atoms with Gasteiger partial charge < -0.3 is 13.9 Å². The Morgan fingerprint density at radius 3 is 2.81 bits per heavy atom. The first-order valence-electron chi connectivity index (χ1n) is 8.75. The number of methoxy groups -OCH3 is 2. The molecule has 0 saturated carbocycles. The third-order valence-corrected chi connectivity index (χ3v) is 5.06. The number of hydrogen-bond donors (Lipinski definition) is 0.